The van der Waals surface area contributed by atoms with E-state index in [4.69, 9.17) is 4.74 Å². The smallest absolute Gasteiger partial charge is 0.254 e. The Hall–Kier alpha value is -1.78. The third kappa shape index (κ3) is 4.94. The van der Waals surface area contributed by atoms with Gasteiger partial charge in [-0.15, -0.1) is 11.8 Å². The average molecular weight is 384 g/mol. The number of methoxy groups -OCH3 is 1. The largest absolute Gasteiger partial charge is 0.385 e. The summed E-state index contributed by atoms with van der Waals surface area (Å²) in [6.07, 6.45) is 7.53. The summed E-state index contributed by atoms with van der Waals surface area (Å²) in [5, 5.41) is 0. The van der Waals surface area contributed by atoms with Crippen molar-refractivity contribution in [1.29, 1.82) is 0 Å². The maximum Gasteiger partial charge on any atom is 0.254 e. The molecule has 3 rings (SSSR count). The second-order valence-electron chi connectivity index (χ2n) is 7.06. The highest BCUT2D eigenvalue weighted by Gasteiger charge is 2.27. The summed E-state index contributed by atoms with van der Waals surface area (Å²) in [7, 11) is 1.74. The lowest BCUT2D eigenvalue weighted by Crippen LogP contribution is -2.43. The van der Waals surface area contributed by atoms with Crippen molar-refractivity contribution in [3.05, 3.63) is 54.1 Å². The van der Waals surface area contributed by atoms with Crippen LogP contribution in [0.2, 0.25) is 0 Å². The van der Waals surface area contributed by atoms with Gasteiger partial charge in [0.05, 0.1) is 0 Å². The predicted octanol–water partition coefficient (Wildman–Crippen LogP) is 5.50. The van der Waals surface area contributed by atoms with Crippen molar-refractivity contribution in [3.8, 4) is 11.1 Å². The van der Waals surface area contributed by atoms with Crippen LogP contribution in [-0.4, -0.2) is 43.4 Å². The molecule has 4 heteroatoms. The summed E-state index contributed by atoms with van der Waals surface area (Å²) in [5.41, 5.74) is 3.09. The first-order valence-corrected chi connectivity index (χ1v) is 11.0. The van der Waals surface area contributed by atoms with Crippen molar-refractivity contribution in [1.82, 2.24) is 4.90 Å². The minimum Gasteiger partial charge on any atom is -0.385 e. The molecule has 1 amide bonds. The number of carbonyl (C=O) groups excluding carboxylic acids is 1. The van der Waals surface area contributed by atoms with E-state index in [-0.39, 0.29) is 5.91 Å². The zero-order chi connectivity index (χ0) is 19.1. The molecule has 3 nitrogen and oxygen atoms in total. The third-order valence-electron chi connectivity index (χ3n) is 5.30. The van der Waals surface area contributed by atoms with Crippen LogP contribution in [0.5, 0.6) is 0 Å². The quantitative estimate of drug-likeness (QED) is 0.467. The van der Waals surface area contributed by atoms with Gasteiger partial charge in [-0.05, 0) is 67.7 Å². The summed E-state index contributed by atoms with van der Waals surface area (Å²) in [5.74, 6) is 0.167. The Balaban J connectivity index is 1.82. The molecule has 27 heavy (non-hydrogen) atoms. The van der Waals surface area contributed by atoms with Gasteiger partial charge in [0, 0.05) is 36.8 Å². The Morgan fingerprint density at radius 2 is 2.04 bits per heavy atom. The van der Waals surface area contributed by atoms with Crippen LogP contribution in [0.1, 0.15) is 42.5 Å². The third-order valence-corrected chi connectivity index (χ3v) is 6.10. The van der Waals surface area contributed by atoms with Crippen LogP contribution in [0, 0.1) is 0 Å². The number of nitrogens with zero attached hydrogens (tertiary/aromatic N) is 1. The molecule has 1 aliphatic heterocycles. The van der Waals surface area contributed by atoms with E-state index in [1.165, 1.54) is 16.9 Å². The van der Waals surface area contributed by atoms with E-state index < -0.39 is 0 Å². The average Bonchev–Trinajstić information content (AvgIpc) is 2.74. The summed E-state index contributed by atoms with van der Waals surface area (Å²) in [4.78, 5) is 16.6. The van der Waals surface area contributed by atoms with E-state index in [0.717, 1.165) is 50.0 Å². The molecule has 0 bridgehead atoms. The molecule has 1 saturated heterocycles. The number of carbonyl (C=O) groups is 1. The number of benzene rings is 2. The minimum absolute atomic E-state index is 0.167. The fraction of sp³-hybridized carbons (Fsp3) is 0.435. The lowest BCUT2D eigenvalue weighted by molar-refractivity contribution is 0.0585. The maximum atomic E-state index is 13.3. The molecule has 0 N–H and O–H groups in total. The van der Waals surface area contributed by atoms with Gasteiger partial charge < -0.3 is 9.64 Å². The highest BCUT2D eigenvalue weighted by atomic mass is 32.2. The monoisotopic (exact) mass is 383 g/mol. The summed E-state index contributed by atoms with van der Waals surface area (Å²) in [6, 6.07) is 16.8. The van der Waals surface area contributed by atoms with Crippen LogP contribution < -0.4 is 0 Å². The first kappa shape index (κ1) is 20.0. The molecule has 0 aliphatic carbocycles. The standard InChI is InChI=1S/C23H29NO2S/c1-26-16-8-12-20-11-5-6-15-24(20)23(25)19-10-7-9-18(17-19)21-13-3-4-14-22(21)27-2/h3-4,7,9-10,13-14,17,20H,5-6,8,11-12,15-16H2,1-2H3/t20-/m1/s1. The second kappa shape index (κ2) is 9.95. The molecule has 2 aromatic carbocycles. The molecule has 144 valence electrons. The second-order valence-corrected chi connectivity index (χ2v) is 7.91. The Labute approximate surface area is 167 Å². The molecule has 0 unspecified atom stereocenters. The van der Waals surface area contributed by atoms with Gasteiger partial charge in [0.15, 0.2) is 0 Å². The normalized spacial score (nSPS) is 17.1. The van der Waals surface area contributed by atoms with Crippen LogP contribution in [0.3, 0.4) is 0 Å². The zero-order valence-electron chi connectivity index (χ0n) is 16.3. The van der Waals surface area contributed by atoms with Gasteiger partial charge in [0.2, 0.25) is 0 Å². The van der Waals surface area contributed by atoms with Crippen molar-refractivity contribution in [2.24, 2.45) is 0 Å². The lowest BCUT2D eigenvalue weighted by Gasteiger charge is -2.36. The molecular weight excluding hydrogens is 354 g/mol. The highest BCUT2D eigenvalue weighted by molar-refractivity contribution is 7.98. The molecular formula is C23H29NO2S. The molecule has 0 radical (unpaired) electrons. The number of piperidine rings is 1. The molecule has 1 aliphatic rings. The molecule has 2 aromatic rings. The van der Waals surface area contributed by atoms with Crippen LogP contribution in [0.25, 0.3) is 11.1 Å². The number of rotatable bonds is 7. The molecule has 0 spiro atoms. The minimum atomic E-state index is 0.167. The fourth-order valence-electron chi connectivity index (χ4n) is 3.90. The van der Waals surface area contributed by atoms with Crippen molar-refractivity contribution >= 4 is 17.7 Å². The zero-order valence-corrected chi connectivity index (χ0v) is 17.1. The van der Waals surface area contributed by atoms with Crippen molar-refractivity contribution in [2.75, 3.05) is 26.5 Å². The number of hydrogen-bond acceptors (Lipinski definition) is 3. The van der Waals surface area contributed by atoms with Gasteiger partial charge in [0.1, 0.15) is 0 Å². The van der Waals surface area contributed by atoms with Crippen LogP contribution in [-0.2, 0) is 4.74 Å². The van der Waals surface area contributed by atoms with E-state index in [1.807, 2.05) is 12.1 Å². The fourth-order valence-corrected chi connectivity index (χ4v) is 4.52. The first-order valence-electron chi connectivity index (χ1n) is 9.78. The van der Waals surface area contributed by atoms with Gasteiger partial charge in [-0.2, -0.15) is 0 Å². The number of likely N-dealkylation sites (tertiary alicyclic amines) is 1. The number of ether oxygens (including phenoxy) is 1. The molecule has 0 aromatic heterocycles. The summed E-state index contributed by atoms with van der Waals surface area (Å²) < 4.78 is 5.19. The Morgan fingerprint density at radius 1 is 1.19 bits per heavy atom. The van der Waals surface area contributed by atoms with Crippen molar-refractivity contribution in [2.45, 2.75) is 43.0 Å². The van der Waals surface area contributed by atoms with Gasteiger partial charge in [0.25, 0.3) is 5.91 Å². The summed E-state index contributed by atoms with van der Waals surface area (Å²) >= 11 is 1.74. The van der Waals surface area contributed by atoms with Gasteiger partial charge in [-0.1, -0.05) is 30.3 Å². The lowest BCUT2D eigenvalue weighted by atomic mass is 9.96. The van der Waals surface area contributed by atoms with E-state index >= 15 is 0 Å². The SMILES string of the molecule is COCCC[C@H]1CCCCN1C(=O)c1cccc(-c2ccccc2SC)c1. The number of amides is 1. The Kier molecular flexibility index (Phi) is 7.36. The van der Waals surface area contributed by atoms with Gasteiger partial charge >= 0.3 is 0 Å². The topological polar surface area (TPSA) is 29.5 Å². The maximum absolute atomic E-state index is 13.3. The van der Waals surface area contributed by atoms with E-state index in [9.17, 15) is 4.79 Å². The van der Waals surface area contributed by atoms with Crippen molar-refractivity contribution < 1.29 is 9.53 Å². The van der Waals surface area contributed by atoms with Gasteiger partial charge in [-0.25, -0.2) is 0 Å². The van der Waals surface area contributed by atoms with E-state index in [0.29, 0.717) is 6.04 Å². The van der Waals surface area contributed by atoms with Gasteiger partial charge in [-0.3, -0.25) is 4.79 Å². The van der Waals surface area contributed by atoms with Crippen LogP contribution in [0.4, 0.5) is 0 Å². The summed E-state index contributed by atoms with van der Waals surface area (Å²) in [6.45, 7) is 1.63. The van der Waals surface area contributed by atoms with Crippen molar-refractivity contribution in [3.63, 3.8) is 0 Å². The van der Waals surface area contributed by atoms with E-state index in [2.05, 4.69) is 47.6 Å². The molecule has 1 fully saturated rings. The molecule has 0 saturated carbocycles. The Morgan fingerprint density at radius 3 is 2.85 bits per heavy atom. The van der Waals surface area contributed by atoms with Crippen LogP contribution in [0.15, 0.2) is 53.4 Å². The number of hydrogen-bond donors (Lipinski definition) is 0. The first-order chi connectivity index (χ1) is 13.2. The van der Waals surface area contributed by atoms with E-state index in [1.54, 1.807) is 18.9 Å². The molecule has 1 heterocycles. The number of thioether (sulfide) groups is 1. The Bertz CT molecular complexity index is 762. The molecule has 1 atom stereocenters. The highest BCUT2D eigenvalue weighted by Crippen LogP contribution is 2.31. The predicted molar refractivity (Wildman–Crippen MR) is 113 cm³/mol. The van der Waals surface area contributed by atoms with Crippen LogP contribution >= 0.6 is 11.8 Å².